The smallest absolute Gasteiger partial charge is 0.0356 e. The lowest BCUT2D eigenvalue weighted by Crippen LogP contribution is -2.39. The first kappa shape index (κ1) is 9.21. The molecule has 0 spiro atoms. The zero-order valence-electron chi connectivity index (χ0n) is 7.99. The van der Waals surface area contributed by atoms with Crippen LogP contribution in [0.25, 0.3) is 0 Å². The van der Waals surface area contributed by atoms with Crippen molar-refractivity contribution in [3.05, 3.63) is 23.9 Å². The summed E-state index contributed by atoms with van der Waals surface area (Å²) in [5.74, 6) is 2.24. The van der Waals surface area contributed by atoms with Crippen molar-refractivity contribution in [2.24, 2.45) is 23.5 Å². The van der Waals surface area contributed by atoms with Gasteiger partial charge < -0.3 is 11.1 Å². The second kappa shape index (κ2) is 3.23. The van der Waals surface area contributed by atoms with Crippen LogP contribution in [0.5, 0.6) is 0 Å². The molecule has 1 saturated heterocycles. The van der Waals surface area contributed by atoms with Gasteiger partial charge in [-0.25, -0.2) is 0 Å². The van der Waals surface area contributed by atoms with E-state index in [1.807, 2.05) is 0 Å². The molecule has 1 fully saturated rings. The van der Waals surface area contributed by atoms with Gasteiger partial charge in [0, 0.05) is 15.7 Å². The Balaban J connectivity index is 2.01. The first-order valence-electron chi connectivity index (χ1n) is 5.27. The van der Waals surface area contributed by atoms with Crippen molar-refractivity contribution in [3.63, 3.8) is 0 Å². The molecule has 3 heteroatoms. The van der Waals surface area contributed by atoms with Crippen LogP contribution in [0.3, 0.4) is 0 Å². The van der Waals surface area contributed by atoms with Gasteiger partial charge in [0.15, 0.2) is 0 Å². The van der Waals surface area contributed by atoms with Crippen molar-refractivity contribution < 1.29 is 0 Å². The summed E-state index contributed by atoms with van der Waals surface area (Å²) < 4.78 is 0.634. The Labute approximate surface area is 98.1 Å². The summed E-state index contributed by atoms with van der Waals surface area (Å²) in [5.41, 5.74) is 7.10. The summed E-state index contributed by atoms with van der Waals surface area (Å²) >= 11 is 2.53. The monoisotopic (exact) mass is 302 g/mol. The third kappa shape index (κ3) is 1.25. The number of rotatable bonds is 0. The van der Waals surface area contributed by atoms with E-state index in [9.17, 15) is 0 Å². The van der Waals surface area contributed by atoms with Crippen molar-refractivity contribution in [3.8, 4) is 0 Å². The lowest BCUT2D eigenvalue weighted by Gasteiger charge is -2.38. The molecule has 0 aromatic heterocycles. The second-order valence-corrected chi connectivity index (χ2v) is 6.06. The first-order valence-corrected chi connectivity index (χ1v) is 6.52. The van der Waals surface area contributed by atoms with Crippen molar-refractivity contribution in [2.45, 2.75) is 16.4 Å². The number of alkyl halides is 1. The molecule has 3 aliphatic rings. The molecule has 2 nitrogen and oxygen atoms in total. The Hall–Kier alpha value is -0.0300. The minimum absolute atomic E-state index is 0.611. The van der Waals surface area contributed by atoms with Gasteiger partial charge in [0.2, 0.25) is 0 Å². The lowest BCUT2D eigenvalue weighted by atomic mass is 9.70. The lowest BCUT2D eigenvalue weighted by molar-refractivity contribution is 0.280. The number of nitrogens with one attached hydrogen (secondary N) is 1. The van der Waals surface area contributed by atoms with E-state index in [-0.39, 0.29) is 0 Å². The van der Waals surface area contributed by atoms with Gasteiger partial charge in [-0.1, -0.05) is 40.8 Å². The van der Waals surface area contributed by atoms with Gasteiger partial charge in [-0.05, 0) is 30.7 Å². The summed E-state index contributed by atoms with van der Waals surface area (Å²) in [6.45, 7) is 1.15. The molecular formula is C11H15IN2. The van der Waals surface area contributed by atoms with E-state index in [1.54, 1.807) is 0 Å². The maximum absolute atomic E-state index is 5.99. The number of hydrogen-bond donors (Lipinski definition) is 2. The normalized spacial score (nSPS) is 50.1. The molecule has 3 N–H and O–H groups in total. The summed E-state index contributed by atoms with van der Waals surface area (Å²) in [7, 11) is 0. The third-order valence-corrected chi connectivity index (χ3v) is 5.04. The van der Waals surface area contributed by atoms with Crippen LogP contribution in [-0.2, 0) is 0 Å². The zero-order valence-corrected chi connectivity index (χ0v) is 10.1. The van der Waals surface area contributed by atoms with Gasteiger partial charge >= 0.3 is 0 Å². The topological polar surface area (TPSA) is 38.0 Å². The Morgan fingerprint density at radius 3 is 3.14 bits per heavy atom. The molecular weight excluding hydrogens is 287 g/mol. The highest BCUT2D eigenvalue weighted by molar-refractivity contribution is 14.1. The highest BCUT2D eigenvalue weighted by atomic mass is 127. The molecule has 5 unspecified atom stereocenters. The standard InChI is InChI=1S/C11H15IN2/c12-9-1-2-10-11-6(5-14-10)3-7(13)4-8(9)11/h1-2,4,6,8-11,14H,3,5,13H2. The fourth-order valence-corrected chi connectivity index (χ4v) is 4.13. The molecule has 0 aromatic rings. The van der Waals surface area contributed by atoms with Gasteiger partial charge in [0.05, 0.1) is 0 Å². The molecule has 0 saturated carbocycles. The Bertz CT molecular complexity index is 310. The molecule has 2 aliphatic carbocycles. The fraction of sp³-hybridized carbons (Fsp3) is 0.636. The van der Waals surface area contributed by atoms with Crippen LogP contribution in [0.2, 0.25) is 0 Å². The Kier molecular flexibility index (Phi) is 2.13. The van der Waals surface area contributed by atoms with Crippen molar-refractivity contribution >= 4 is 22.6 Å². The number of nitrogens with two attached hydrogens (primary N) is 1. The van der Waals surface area contributed by atoms with Crippen LogP contribution in [0.1, 0.15) is 6.42 Å². The maximum atomic E-state index is 5.99. The van der Waals surface area contributed by atoms with Crippen molar-refractivity contribution in [1.29, 1.82) is 0 Å². The van der Waals surface area contributed by atoms with E-state index in [0.717, 1.165) is 30.5 Å². The molecule has 1 heterocycles. The minimum Gasteiger partial charge on any atom is -0.402 e. The van der Waals surface area contributed by atoms with Gasteiger partial charge in [-0.3, -0.25) is 0 Å². The van der Waals surface area contributed by atoms with Crippen LogP contribution in [0.15, 0.2) is 23.9 Å². The average molecular weight is 302 g/mol. The summed E-state index contributed by atoms with van der Waals surface area (Å²) in [4.78, 5) is 0. The van der Waals surface area contributed by atoms with E-state index in [4.69, 9.17) is 5.73 Å². The fourth-order valence-electron chi connectivity index (χ4n) is 3.20. The van der Waals surface area contributed by atoms with Crippen LogP contribution < -0.4 is 11.1 Å². The largest absolute Gasteiger partial charge is 0.402 e. The molecule has 0 radical (unpaired) electrons. The number of allylic oxidation sites excluding steroid dienone is 3. The summed E-state index contributed by atoms with van der Waals surface area (Å²) in [5, 5.41) is 3.59. The van der Waals surface area contributed by atoms with E-state index >= 15 is 0 Å². The Morgan fingerprint density at radius 1 is 1.43 bits per heavy atom. The van der Waals surface area contributed by atoms with Gasteiger partial charge in [-0.2, -0.15) is 0 Å². The molecule has 14 heavy (non-hydrogen) atoms. The SMILES string of the molecule is NC1=CC2C(I)C=CC3NCC(C1)C32. The molecule has 0 aromatic carbocycles. The van der Waals surface area contributed by atoms with Crippen molar-refractivity contribution in [2.75, 3.05) is 6.54 Å². The molecule has 1 aliphatic heterocycles. The van der Waals surface area contributed by atoms with E-state index in [1.165, 1.54) is 0 Å². The van der Waals surface area contributed by atoms with E-state index in [2.05, 4.69) is 46.1 Å². The third-order valence-electron chi connectivity index (χ3n) is 3.79. The minimum atomic E-state index is 0.611. The predicted octanol–water partition coefficient (Wildman–Crippen LogP) is 1.43. The van der Waals surface area contributed by atoms with Gasteiger partial charge in [-0.15, -0.1) is 0 Å². The van der Waals surface area contributed by atoms with Crippen LogP contribution >= 0.6 is 22.6 Å². The first-order chi connectivity index (χ1) is 6.75. The molecule has 0 bridgehead atoms. The number of hydrogen-bond acceptors (Lipinski definition) is 2. The number of halogens is 1. The van der Waals surface area contributed by atoms with E-state index < -0.39 is 0 Å². The highest BCUT2D eigenvalue weighted by Crippen LogP contribution is 2.44. The van der Waals surface area contributed by atoms with Gasteiger partial charge in [0.1, 0.15) is 0 Å². The summed E-state index contributed by atoms with van der Waals surface area (Å²) in [6, 6.07) is 0.611. The Morgan fingerprint density at radius 2 is 2.29 bits per heavy atom. The molecule has 3 rings (SSSR count). The quantitative estimate of drug-likeness (QED) is 0.403. The molecule has 5 atom stereocenters. The molecule has 0 amide bonds. The molecule has 76 valence electrons. The van der Waals surface area contributed by atoms with E-state index in [0.29, 0.717) is 15.9 Å². The highest BCUT2D eigenvalue weighted by Gasteiger charge is 2.45. The van der Waals surface area contributed by atoms with Gasteiger partial charge in [0.25, 0.3) is 0 Å². The van der Waals surface area contributed by atoms with Crippen LogP contribution in [-0.4, -0.2) is 16.5 Å². The average Bonchev–Trinajstić information content (AvgIpc) is 2.55. The van der Waals surface area contributed by atoms with Crippen LogP contribution in [0, 0.1) is 17.8 Å². The van der Waals surface area contributed by atoms with Crippen molar-refractivity contribution in [1.82, 2.24) is 5.32 Å². The predicted molar refractivity (Wildman–Crippen MR) is 66.1 cm³/mol. The van der Waals surface area contributed by atoms with Crippen LogP contribution in [0.4, 0.5) is 0 Å². The summed E-state index contributed by atoms with van der Waals surface area (Å²) in [6.07, 6.45) is 8.09. The maximum Gasteiger partial charge on any atom is 0.0356 e. The second-order valence-electron chi connectivity index (χ2n) is 4.62. The zero-order chi connectivity index (χ0) is 9.71.